The molecule has 0 aromatic rings. The number of carbonyl (C=O) groups is 2. The van der Waals surface area contributed by atoms with Crippen molar-refractivity contribution in [3.8, 4) is 0 Å². The summed E-state index contributed by atoms with van der Waals surface area (Å²) in [6.07, 6.45) is 9.98. The van der Waals surface area contributed by atoms with Crippen molar-refractivity contribution in [2.24, 2.45) is 5.92 Å². The first kappa shape index (κ1) is 18.1. The molecule has 0 atom stereocenters. The van der Waals surface area contributed by atoms with E-state index in [2.05, 4.69) is 13.8 Å². The van der Waals surface area contributed by atoms with E-state index in [4.69, 9.17) is 4.74 Å². The average molecular weight is 270 g/mol. The van der Waals surface area contributed by atoms with Gasteiger partial charge in [0, 0.05) is 12.8 Å². The monoisotopic (exact) mass is 270 g/mol. The summed E-state index contributed by atoms with van der Waals surface area (Å²) in [6, 6.07) is 0. The lowest BCUT2D eigenvalue weighted by Gasteiger charge is -2.15. The van der Waals surface area contributed by atoms with Crippen molar-refractivity contribution in [1.29, 1.82) is 0 Å². The van der Waals surface area contributed by atoms with Crippen molar-refractivity contribution in [3.63, 3.8) is 0 Å². The second kappa shape index (κ2) is 12.2. The van der Waals surface area contributed by atoms with Gasteiger partial charge >= 0.3 is 11.9 Å². The van der Waals surface area contributed by atoms with Crippen LogP contribution in [0.25, 0.3) is 0 Å². The molecule has 0 aliphatic heterocycles. The summed E-state index contributed by atoms with van der Waals surface area (Å²) in [5, 5.41) is 0. The summed E-state index contributed by atoms with van der Waals surface area (Å²) >= 11 is 0. The zero-order chi connectivity index (χ0) is 14.5. The van der Waals surface area contributed by atoms with Gasteiger partial charge in [0.05, 0.1) is 0 Å². The number of esters is 2. The quantitative estimate of drug-likeness (QED) is 0.312. The van der Waals surface area contributed by atoms with E-state index in [1.54, 1.807) is 6.92 Å². The van der Waals surface area contributed by atoms with Crippen LogP contribution in [0.5, 0.6) is 0 Å². The number of hydrogen-bond donors (Lipinski definition) is 0. The lowest BCUT2D eigenvalue weighted by Crippen LogP contribution is -2.15. The van der Waals surface area contributed by atoms with Gasteiger partial charge in [-0.25, -0.2) is 0 Å². The third-order valence-corrected chi connectivity index (χ3v) is 3.40. The van der Waals surface area contributed by atoms with Gasteiger partial charge in [0.1, 0.15) is 0 Å². The Morgan fingerprint density at radius 2 is 1.37 bits per heavy atom. The predicted octanol–water partition coefficient (Wildman–Crippen LogP) is 4.63. The van der Waals surface area contributed by atoms with Gasteiger partial charge in [-0.05, 0) is 18.8 Å². The average Bonchev–Trinajstić information content (AvgIpc) is 2.38. The van der Waals surface area contributed by atoms with Crippen LogP contribution in [-0.4, -0.2) is 11.9 Å². The molecule has 3 heteroatoms. The van der Waals surface area contributed by atoms with Crippen LogP contribution >= 0.6 is 0 Å². The highest BCUT2D eigenvalue weighted by Crippen LogP contribution is 2.21. The molecule has 0 bridgehead atoms. The fourth-order valence-electron chi connectivity index (χ4n) is 2.19. The van der Waals surface area contributed by atoms with Gasteiger partial charge in [-0.15, -0.1) is 0 Å². The Labute approximate surface area is 118 Å². The fraction of sp³-hybridized carbons (Fsp3) is 0.875. The van der Waals surface area contributed by atoms with Crippen molar-refractivity contribution in [1.82, 2.24) is 0 Å². The maximum absolute atomic E-state index is 11.6. The van der Waals surface area contributed by atoms with Crippen LogP contribution in [0.4, 0.5) is 0 Å². The Morgan fingerprint density at radius 3 is 1.79 bits per heavy atom. The molecule has 0 N–H and O–H groups in total. The van der Waals surface area contributed by atoms with E-state index in [1.807, 2.05) is 0 Å². The minimum atomic E-state index is -0.411. The Morgan fingerprint density at radius 1 is 0.842 bits per heavy atom. The molecule has 0 fully saturated rings. The SMILES string of the molecule is CCCCCC(CCCCC)CC(=O)OC(=O)CC. The standard InChI is InChI=1S/C16H30O3/c1-4-7-9-11-14(12-10-8-5-2)13-16(18)19-15(17)6-3/h14H,4-13H2,1-3H3. The van der Waals surface area contributed by atoms with Crippen LogP contribution in [-0.2, 0) is 14.3 Å². The van der Waals surface area contributed by atoms with Gasteiger partial charge < -0.3 is 4.74 Å². The highest BCUT2D eigenvalue weighted by Gasteiger charge is 2.16. The summed E-state index contributed by atoms with van der Waals surface area (Å²) in [4.78, 5) is 22.7. The first-order valence-electron chi connectivity index (χ1n) is 7.87. The van der Waals surface area contributed by atoms with Crippen molar-refractivity contribution in [2.45, 2.75) is 85.0 Å². The van der Waals surface area contributed by atoms with E-state index in [9.17, 15) is 9.59 Å². The molecular formula is C16H30O3. The minimum Gasteiger partial charge on any atom is -0.393 e. The molecule has 0 aromatic heterocycles. The molecule has 0 aliphatic rings. The van der Waals surface area contributed by atoms with Crippen molar-refractivity contribution in [3.05, 3.63) is 0 Å². The molecule has 19 heavy (non-hydrogen) atoms. The summed E-state index contributed by atoms with van der Waals surface area (Å²) < 4.78 is 4.76. The molecule has 0 heterocycles. The van der Waals surface area contributed by atoms with Crippen LogP contribution in [0, 0.1) is 5.92 Å². The fourth-order valence-corrected chi connectivity index (χ4v) is 2.19. The van der Waals surface area contributed by atoms with E-state index < -0.39 is 5.97 Å². The zero-order valence-electron chi connectivity index (χ0n) is 12.9. The Kier molecular flexibility index (Phi) is 11.6. The lowest BCUT2D eigenvalue weighted by atomic mass is 9.92. The maximum atomic E-state index is 11.6. The molecule has 0 rings (SSSR count). The van der Waals surface area contributed by atoms with Crippen LogP contribution < -0.4 is 0 Å². The topological polar surface area (TPSA) is 43.4 Å². The van der Waals surface area contributed by atoms with Crippen molar-refractivity contribution >= 4 is 11.9 Å². The third-order valence-electron chi connectivity index (χ3n) is 3.40. The van der Waals surface area contributed by atoms with E-state index in [0.29, 0.717) is 12.3 Å². The van der Waals surface area contributed by atoms with Crippen LogP contribution in [0.15, 0.2) is 0 Å². The number of carbonyl (C=O) groups excluding carboxylic acids is 2. The lowest BCUT2D eigenvalue weighted by molar-refractivity contribution is -0.160. The summed E-state index contributed by atoms with van der Waals surface area (Å²) in [7, 11) is 0. The molecule has 0 radical (unpaired) electrons. The largest absolute Gasteiger partial charge is 0.393 e. The normalized spacial score (nSPS) is 10.7. The molecule has 3 nitrogen and oxygen atoms in total. The molecule has 0 unspecified atom stereocenters. The molecule has 0 aliphatic carbocycles. The van der Waals surface area contributed by atoms with Crippen LogP contribution in [0.3, 0.4) is 0 Å². The van der Waals surface area contributed by atoms with Crippen LogP contribution in [0.1, 0.15) is 85.0 Å². The number of rotatable bonds is 11. The number of unbranched alkanes of at least 4 members (excludes halogenated alkanes) is 4. The Bertz CT molecular complexity index is 238. The Balaban J connectivity index is 4.07. The molecule has 112 valence electrons. The highest BCUT2D eigenvalue weighted by atomic mass is 16.6. The number of ether oxygens (including phenoxy) is 1. The molecular weight excluding hydrogens is 240 g/mol. The predicted molar refractivity (Wildman–Crippen MR) is 77.8 cm³/mol. The highest BCUT2D eigenvalue weighted by molar-refractivity contribution is 5.85. The molecule has 0 saturated carbocycles. The van der Waals surface area contributed by atoms with E-state index in [-0.39, 0.29) is 12.4 Å². The second-order valence-electron chi connectivity index (χ2n) is 5.26. The summed E-state index contributed by atoms with van der Waals surface area (Å²) in [6.45, 7) is 6.07. The smallest absolute Gasteiger partial charge is 0.313 e. The van der Waals surface area contributed by atoms with E-state index in [1.165, 1.54) is 38.5 Å². The first-order chi connectivity index (χ1) is 9.13. The first-order valence-corrected chi connectivity index (χ1v) is 7.87. The summed E-state index contributed by atoms with van der Waals surface area (Å²) in [5.41, 5.74) is 0. The third kappa shape index (κ3) is 10.7. The van der Waals surface area contributed by atoms with Gasteiger partial charge in [-0.2, -0.15) is 0 Å². The van der Waals surface area contributed by atoms with Crippen molar-refractivity contribution in [2.75, 3.05) is 0 Å². The van der Waals surface area contributed by atoms with Gasteiger partial charge in [0.2, 0.25) is 0 Å². The maximum Gasteiger partial charge on any atom is 0.313 e. The molecule has 0 spiro atoms. The summed E-state index contributed by atoms with van der Waals surface area (Å²) in [5.74, 6) is -0.369. The van der Waals surface area contributed by atoms with Gasteiger partial charge in [0.15, 0.2) is 0 Å². The van der Waals surface area contributed by atoms with Gasteiger partial charge in [0.25, 0.3) is 0 Å². The molecule has 0 amide bonds. The van der Waals surface area contributed by atoms with Crippen LogP contribution in [0.2, 0.25) is 0 Å². The molecule has 0 aromatic carbocycles. The zero-order valence-corrected chi connectivity index (χ0v) is 12.9. The minimum absolute atomic E-state index is 0.266. The van der Waals surface area contributed by atoms with E-state index in [0.717, 1.165) is 12.8 Å². The molecule has 0 saturated heterocycles. The van der Waals surface area contributed by atoms with E-state index >= 15 is 0 Å². The van der Waals surface area contributed by atoms with Crippen molar-refractivity contribution < 1.29 is 14.3 Å². The Hall–Kier alpha value is -0.860. The number of hydrogen-bond acceptors (Lipinski definition) is 3. The second-order valence-corrected chi connectivity index (χ2v) is 5.26. The van der Waals surface area contributed by atoms with Gasteiger partial charge in [-0.1, -0.05) is 59.3 Å². The van der Waals surface area contributed by atoms with Gasteiger partial charge in [-0.3, -0.25) is 9.59 Å².